The van der Waals surface area contributed by atoms with Crippen molar-refractivity contribution in [1.82, 2.24) is 0 Å². The third-order valence-electron chi connectivity index (χ3n) is 4.49. The van der Waals surface area contributed by atoms with Crippen LogP contribution >= 0.6 is 0 Å². The molecule has 22 heavy (non-hydrogen) atoms. The van der Waals surface area contributed by atoms with Gasteiger partial charge in [0.2, 0.25) is 0 Å². The molecule has 0 aromatic heterocycles. The van der Waals surface area contributed by atoms with Gasteiger partial charge in [-0.1, -0.05) is 54.6 Å². The molecule has 0 bridgehead atoms. The molecule has 1 aliphatic heterocycles. The van der Waals surface area contributed by atoms with Gasteiger partial charge in [-0.25, -0.2) is 0 Å². The highest BCUT2D eigenvalue weighted by Crippen LogP contribution is 2.37. The zero-order valence-corrected chi connectivity index (χ0v) is 12.5. The normalized spacial score (nSPS) is 17.1. The maximum atomic E-state index is 12.8. The van der Waals surface area contributed by atoms with Crippen LogP contribution in [0.1, 0.15) is 33.9 Å². The Bertz CT molecular complexity index is 882. The number of hydrogen-bond acceptors (Lipinski definition) is 2. The lowest BCUT2D eigenvalue weighted by Gasteiger charge is -2.28. The number of fused-ring (bicyclic) bond motifs is 3. The molecule has 0 spiro atoms. The summed E-state index contributed by atoms with van der Waals surface area (Å²) in [7, 11) is 0. The third kappa shape index (κ3) is 2.00. The lowest BCUT2D eigenvalue weighted by Crippen LogP contribution is -2.23. The predicted octanol–water partition coefficient (Wildman–Crippen LogP) is 4.89. The summed E-state index contributed by atoms with van der Waals surface area (Å²) in [6.45, 7) is 2.09. The summed E-state index contributed by atoms with van der Waals surface area (Å²) < 4.78 is 0. The zero-order chi connectivity index (χ0) is 15.1. The number of ketones is 1. The highest BCUT2D eigenvalue weighted by Gasteiger charge is 2.27. The van der Waals surface area contributed by atoms with Crippen LogP contribution in [0.15, 0.2) is 60.7 Å². The predicted molar refractivity (Wildman–Crippen MR) is 90.4 cm³/mol. The summed E-state index contributed by atoms with van der Waals surface area (Å²) in [5.41, 5.74) is 4.21. The number of rotatable bonds is 1. The van der Waals surface area contributed by atoms with Crippen molar-refractivity contribution in [2.45, 2.75) is 19.4 Å². The number of benzene rings is 3. The van der Waals surface area contributed by atoms with E-state index in [-0.39, 0.29) is 11.8 Å². The fraction of sp³-hybridized carbons (Fsp3) is 0.150. The average Bonchev–Trinajstić information content (AvgIpc) is 2.54. The first-order valence-corrected chi connectivity index (χ1v) is 7.61. The van der Waals surface area contributed by atoms with Crippen molar-refractivity contribution in [1.29, 1.82) is 0 Å². The molecular weight excluding hydrogens is 270 g/mol. The van der Waals surface area contributed by atoms with E-state index in [0.29, 0.717) is 6.42 Å². The fourth-order valence-corrected chi connectivity index (χ4v) is 3.38. The van der Waals surface area contributed by atoms with E-state index < -0.39 is 0 Å². The Morgan fingerprint density at radius 1 is 0.955 bits per heavy atom. The summed E-state index contributed by atoms with van der Waals surface area (Å²) in [4.78, 5) is 12.8. The van der Waals surface area contributed by atoms with Gasteiger partial charge in [-0.05, 0) is 34.9 Å². The number of carbonyl (C=O) groups excluding carboxylic acids is 1. The quantitative estimate of drug-likeness (QED) is 0.690. The molecule has 1 unspecified atom stereocenters. The minimum atomic E-state index is 0.0577. The van der Waals surface area contributed by atoms with E-state index >= 15 is 0 Å². The Morgan fingerprint density at radius 2 is 1.73 bits per heavy atom. The van der Waals surface area contributed by atoms with E-state index in [0.717, 1.165) is 22.0 Å². The van der Waals surface area contributed by atoms with Crippen molar-refractivity contribution in [2.24, 2.45) is 0 Å². The maximum Gasteiger partial charge on any atom is 0.167 e. The Morgan fingerprint density at radius 3 is 2.59 bits per heavy atom. The number of Topliss-reactive ketones (excluding diaryl/α,β-unsaturated/α-hetero) is 1. The number of nitrogens with one attached hydrogen (secondary N) is 1. The van der Waals surface area contributed by atoms with Gasteiger partial charge in [0.15, 0.2) is 5.78 Å². The van der Waals surface area contributed by atoms with Gasteiger partial charge in [-0.2, -0.15) is 0 Å². The summed E-state index contributed by atoms with van der Waals surface area (Å²) in [6.07, 6.45) is 0.506. The smallest absolute Gasteiger partial charge is 0.167 e. The number of carbonyl (C=O) groups is 1. The maximum absolute atomic E-state index is 12.8. The lowest BCUT2D eigenvalue weighted by molar-refractivity contribution is 0.0974. The van der Waals surface area contributed by atoms with E-state index in [2.05, 4.69) is 36.5 Å². The molecule has 1 atom stereocenters. The molecular formula is C20H17NO. The van der Waals surface area contributed by atoms with Gasteiger partial charge in [0.1, 0.15) is 0 Å². The highest BCUT2D eigenvalue weighted by atomic mass is 16.1. The molecule has 2 nitrogen and oxygen atoms in total. The third-order valence-corrected chi connectivity index (χ3v) is 4.49. The number of aryl methyl sites for hydroxylation is 1. The van der Waals surface area contributed by atoms with Crippen LogP contribution in [0.4, 0.5) is 5.69 Å². The SMILES string of the molecule is Cc1ccccc1C1CC(=O)c2c(ccc3ccccc23)N1. The number of anilines is 1. The highest BCUT2D eigenvalue weighted by molar-refractivity contribution is 6.14. The molecule has 1 heterocycles. The van der Waals surface area contributed by atoms with E-state index in [9.17, 15) is 4.79 Å². The van der Waals surface area contributed by atoms with Crippen LogP contribution in [-0.2, 0) is 0 Å². The molecule has 0 aliphatic carbocycles. The molecule has 0 radical (unpaired) electrons. The number of hydrogen-bond donors (Lipinski definition) is 1. The van der Waals surface area contributed by atoms with E-state index in [1.54, 1.807) is 0 Å². The molecule has 0 saturated heterocycles. The molecule has 3 aromatic rings. The molecule has 1 aliphatic rings. The molecule has 2 heteroatoms. The average molecular weight is 287 g/mol. The van der Waals surface area contributed by atoms with Gasteiger partial charge in [-0.15, -0.1) is 0 Å². The Kier molecular flexibility index (Phi) is 2.97. The first-order valence-electron chi connectivity index (χ1n) is 7.61. The van der Waals surface area contributed by atoms with Gasteiger partial charge in [0.05, 0.1) is 6.04 Å². The Balaban J connectivity index is 1.83. The Hall–Kier alpha value is -2.61. The van der Waals surface area contributed by atoms with Crippen molar-refractivity contribution in [3.05, 3.63) is 77.4 Å². The van der Waals surface area contributed by atoms with E-state index in [1.165, 1.54) is 11.1 Å². The van der Waals surface area contributed by atoms with E-state index in [1.807, 2.05) is 36.4 Å². The van der Waals surface area contributed by atoms with Gasteiger partial charge in [0, 0.05) is 17.7 Å². The van der Waals surface area contributed by atoms with Gasteiger partial charge in [-0.3, -0.25) is 4.79 Å². The lowest BCUT2D eigenvalue weighted by atomic mass is 9.88. The molecule has 3 aromatic carbocycles. The minimum absolute atomic E-state index is 0.0577. The topological polar surface area (TPSA) is 29.1 Å². The van der Waals surface area contributed by atoms with Crippen LogP contribution < -0.4 is 5.32 Å². The molecule has 1 N–H and O–H groups in total. The first-order chi connectivity index (χ1) is 10.7. The van der Waals surface area contributed by atoms with Crippen LogP contribution in [0, 0.1) is 6.92 Å². The molecule has 0 fully saturated rings. The second kappa shape index (κ2) is 4.99. The van der Waals surface area contributed by atoms with Gasteiger partial charge in [0.25, 0.3) is 0 Å². The van der Waals surface area contributed by atoms with Crippen molar-refractivity contribution >= 4 is 22.2 Å². The van der Waals surface area contributed by atoms with Crippen molar-refractivity contribution in [3.63, 3.8) is 0 Å². The van der Waals surface area contributed by atoms with Gasteiger partial charge < -0.3 is 5.32 Å². The van der Waals surface area contributed by atoms with Crippen molar-refractivity contribution in [3.8, 4) is 0 Å². The van der Waals surface area contributed by atoms with E-state index in [4.69, 9.17) is 0 Å². The standard InChI is InChI=1S/C20H17NO/c1-13-6-2-4-8-15(13)18-12-19(22)20-16-9-5-3-7-14(16)10-11-17(20)21-18/h2-11,18,21H,12H2,1H3. The minimum Gasteiger partial charge on any atom is -0.377 e. The van der Waals surface area contributed by atoms with Crippen molar-refractivity contribution in [2.75, 3.05) is 5.32 Å². The molecule has 0 amide bonds. The first kappa shape index (κ1) is 13.1. The van der Waals surface area contributed by atoms with Crippen LogP contribution in [0.5, 0.6) is 0 Å². The summed E-state index contributed by atoms with van der Waals surface area (Å²) in [6, 6.07) is 20.5. The molecule has 0 saturated carbocycles. The monoisotopic (exact) mass is 287 g/mol. The van der Waals surface area contributed by atoms with Crippen molar-refractivity contribution < 1.29 is 4.79 Å². The molecule has 108 valence electrons. The van der Waals surface area contributed by atoms with Crippen LogP contribution in [0.3, 0.4) is 0 Å². The second-order valence-corrected chi connectivity index (χ2v) is 5.89. The largest absolute Gasteiger partial charge is 0.377 e. The second-order valence-electron chi connectivity index (χ2n) is 5.89. The van der Waals surface area contributed by atoms with Gasteiger partial charge >= 0.3 is 0 Å². The zero-order valence-electron chi connectivity index (χ0n) is 12.5. The summed E-state index contributed by atoms with van der Waals surface area (Å²) in [5.74, 6) is 0.221. The summed E-state index contributed by atoms with van der Waals surface area (Å²) in [5, 5.41) is 5.71. The fourth-order valence-electron chi connectivity index (χ4n) is 3.38. The van der Waals surface area contributed by atoms with Crippen LogP contribution in [-0.4, -0.2) is 5.78 Å². The molecule has 4 rings (SSSR count). The van der Waals surface area contributed by atoms with Crippen LogP contribution in [0.25, 0.3) is 10.8 Å². The summed E-state index contributed by atoms with van der Waals surface area (Å²) >= 11 is 0. The van der Waals surface area contributed by atoms with Crippen LogP contribution in [0.2, 0.25) is 0 Å². The Labute approximate surface area is 129 Å².